The number of hydrogen-bond donors (Lipinski definition) is 0. The molecule has 120 valence electrons. The van der Waals surface area contributed by atoms with Crippen LogP contribution in [0.1, 0.15) is 47.0 Å². The first kappa shape index (κ1) is 17.9. The Hall–Kier alpha value is -0.120. The summed E-state index contributed by atoms with van der Waals surface area (Å²) in [6.07, 6.45) is 4.34. The number of rotatable bonds is 9. The summed E-state index contributed by atoms with van der Waals surface area (Å²) in [4.78, 5) is 5.04. The molecule has 0 saturated carbocycles. The Morgan fingerprint density at radius 1 is 1.20 bits per heavy atom. The molecule has 0 aromatic rings. The van der Waals surface area contributed by atoms with Crippen LogP contribution in [0.15, 0.2) is 0 Å². The van der Waals surface area contributed by atoms with Gasteiger partial charge in [-0.25, -0.2) is 0 Å². The lowest BCUT2D eigenvalue weighted by molar-refractivity contribution is -0.0349. The third kappa shape index (κ3) is 8.23. The maximum Gasteiger partial charge on any atom is 0.0702 e. The minimum Gasteiger partial charge on any atom is -0.376 e. The fourth-order valence-corrected chi connectivity index (χ4v) is 2.94. The topological polar surface area (TPSA) is 15.7 Å². The number of morpholine rings is 1. The van der Waals surface area contributed by atoms with Crippen LogP contribution in [0.4, 0.5) is 0 Å². The molecule has 0 aromatic heterocycles. The fraction of sp³-hybridized carbons (Fsp3) is 1.00. The van der Waals surface area contributed by atoms with E-state index < -0.39 is 0 Å². The fourth-order valence-electron chi connectivity index (χ4n) is 2.94. The molecule has 0 bridgehead atoms. The van der Waals surface area contributed by atoms with Gasteiger partial charge in [0.05, 0.1) is 12.7 Å². The van der Waals surface area contributed by atoms with Gasteiger partial charge >= 0.3 is 0 Å². The van der Waals surface area contributed by atoms with Crippen molar-refractivity contribution in [2.75, 3.05) is 46.4 Å². The minimum absolute atomic E-state index is 0.470. The van der Waals surface area contributed by atoms with E-state index in [9.17, 15) is 0 Å². The van der Waals surface area contributed by atoms with E-state index in [0.29, 0.717) is 6.10 Å². The molecular weight excluding hydrogens is 248 g/mol. The maximum atomic E-state index is 5.91. The Kier molecular flexibility index (Phi) is 8.74. The number of nitrogens with zero attached hydrogens (tertiary/aromatic N) is 2. The van der Waals surface area contributed by atoms with Crippen molar-refractivity contribution in [3.8, 4) is 0 Å². The molecule has 1 rings (SSSR count). The average molecular weight is 284 g/mol. The van der Waals surface area contributed by atoms with Gasteiger partial charge in [0.2, 0.25) is 0 Å². The Morgan fingerprint density at radius 2 is 1.95 bits per heavy atom. The second kappa shape index (κ2) is 9.75. The third-order valence-electron chi connectivity index (χ3n) is 4.01. The van der Waals surface area contributed by atoms with Crippen LogP contribution in [0, 0.1) is 11.8 Å². The van der Waals surface area contributed by atoms with Crippen LogP contribution >= 0.6 is 0 Å². The zero-order valence-corrected chi connectivity index (χ0v) is 14.4. The predicted octanol–water partition coefficient (Wildman–Crippen LogP) is 3.10. The molecule has 0 aromatic carbocycles. The molecule has 1 heterocycles. The Labute approximate surface area is 126 Å². The normalized spacial score (nSPS) is 21.3. The summed E-state index contributed by atoms with van der Waals surface area (Å²) in [7, 11) is 2.24. The molecule has 1 aliphatic rings. The van der Waals surface area contributed by atoms with Gasteiger partial charge in [-0.15, -0.1) is 0 Å². The smallest absolute Gasteiger partial charge is 0.0702 e. The van der Waals surface area contributed by atoms with E-state index in [2.05, 4.69) is 44.5 Å². The molecule has 3 heteroatoms. The Balaban J connectivity index is 2.16. The molecule has 1 aliphatic heterocycles. The van der Waals surface area contributed by atoms with E-state index in [-0.39, 0.29) is 0 Å². The molecule has 0 N–H and O–H groups in total. The van der Waals surface area contributed by atoms with Crippen molar-refractivity contribution in [3.05, 3.63) is 0 Å². The Morgan fingerprint density at radius 3 is 2.60 bits per heavy atom. The van der Waals surface area contributed by atoms with E-state index in [1.165, 1.54) is 38.9 Å². The highest BCUT2D eigenvalue weighted by atomic mass is 16.5. The first-order chi connectivity index (χ1) is 9.47. The third-order valence-corrected chi connectivity index (χ3v) is 4.01. The van der Waals surface area contributed by atoms with Gasteiger partial charge in [0.25, 0.3) is 0 Å². The molecule has 0 radical (unpaired) electrons. The summed E-state index contributed by atoms with van der Waals surface area (Å²) in [5, 5.41) is 0. The van der Waals surface area contributed by atoms with Gasteiger partial charge in [0, 0.05) is 32.7 Å². The molecule has 0 amide bonds. The van der Waals surface area contributed by atoms with Crippen LogP contribution in [0.3, 0.4) is 0 Å². The monoisotopic (exact) mass is 284 g/mol. The van der Waals surface area contributed by atoms with Crippen molar-refractivity contribution in [3.63, 3.8) is 0 Å². The molecular formula is C17H36N2O. The first-order valence-electron chi connectivity index (χ1n) is 8.50. The van der Waals surface area contributed by atoms with Gasteiger partial charge in [0.1, 0.15) is 0 Å². The van der Waals surface area contributed by atoms with Crippen molar-refractivity contribution in [1.82, 2.24) is 9.80 Å². The van der Waals surface area contributed by atoms with Gasteiger partial charge in [-0.1, -0.05) is 40.5 Å². The van der Waals surface area contributed by atoms with Gasteiger partial charge in [-0.05, 0) is 25.3 Å². The summed E-state index contributed by atoms with van der Waals surface area (Å²) in [6.45, 7) is 15.9. The van der Waals surface area contributed by atoms with Gasteiger partial charge in [-0.2, -0.15) is 0 Å². The van der Waals surface area contributed by atoms with Crippen LogP contribution in [0.2, 0.25) is 0 Å². The Bertz CT molecular complexity index is 243. The number of ether oxygens (including phenoxy) is 1. The molecule has 0 aliphatic carbocycles. The summed E-state index contributed by atoms with van der Waals surface area (Å²) < 4.78 is 5.91. The van der Waals surface area contributed by atoms with E-state index >= 15 is 0 Å². The van der Waals surface area contributed by atoms with Crippen molar-refractivity contribution in [2.45, 2.75) is 53.1 Å². The van der Waals surface area contributed by atoms with E-state index in [1.807, 2.05) is 0 Å². The highest BCUT2D eigenvalue weighted by Gasteiger charge is 2.20. The molecule has 1 saturated heterocycles. The zero-order valence-electron chi connectivity index (χ0n) is 14.4. The number of hydrogen-bond acceptors (Lipinski definition) is 3. The van der Waals surface area contributed by atoms with Crippen molar-refractivity contribution in [2.24, 2.45) is 11.8 Å². The van der Waals surface area contributed by atoms with E-state index in [4.69, 9.17) is 4.74 Å². The lowest BCUT2D eigenvalue weighted by Gasteiger charge is -2.34. The maximum absolute atomic E-state index is 5.91. The van der Waals surface area contributed by atoms with Crippen molar-refractivity contribution < 1.29 is 4.74 Å². The molecule has 3 nitrogen and oxygen atoms in total. The van der Waals surface area contributed by atoms with Crippen molar-refractivity contribution in [1.29, 1.82) is 0 Å². The van der Waals surface area contributed by atoms with E-state index in [1.54, 1.807) is 0 Å². The SMILES string of the molecule is CC(C)CCC[C@H]1CN(CCN(C)CC(C)C)CCO1. The van der Waals surface area contributed by atoms with Crippen LogP contribution in [0.5, 0.6) is 0 Å². The van der Waals surface area contributed by atoms with Crippen LogP contribution in [-0.4, -0.2) is 62.3 Å². The lowest BCUT2D eigenvalue weighted by atomic mass is 10.0. The lowest BCUT2D eigenvalue weighted by Crippen LogP contribution is -2.45. The number of likely N-dealkylation sites (N-methyl/N-ethyl adjacent to an activating group) is 1. The second-order valence-corrected chi connectivity index (χ2v) is 7.27. The van der Waals surface area contributed by atoms with Crippen LogP contribution in [-0.2, 0) is 4.74 Å². The standard InChI is InChI=1S/C17H36N2O/c1-15(2)7-6-8-17-14-19(11-12-20-17)10-9-18(5)13-16(3)4/h15-17H,6-14H2,1-5H3/t17-/m0/s1. The summed E-state index contributed by atoms with van der Waals surface area (Å²) in [6, 6.07) is 0. The van der Waals surface area contributed by atoms with Gasteiger partial charge in [-0.3, -0.25) is 4.90 Å². The van der Waals surface area contributed by atoms with Gasteiger partial charge in [0.15, 0.2) is 0 Å². The molecule has 20 heavy (non-hydrogen) atoms. The zero-order chi connectivity index (χ0) is 15.0. The van der Waals surface area contributed by atoms with Crippen molar-refractivity contribution >= 4 is 0 Å². The summed E-state index contributed by atoms with van der Waals surface area (Å²) in [5.41, 5.74) is 0. The molecule has 1 atom stereocenters. The highest BCUT2D eigenvalue weighted by Crippen LogP contribution is 2.14. The molecule has 0 spiro atoms. The summed E-state index contributed by atoms with van der Waals surface area (Å²) in [5.74, 6) is 1.58. The largest absolute Gasteiger partial charge is 0.376 e. The quantitative estimate of drug-likeness (QED) is 0.647. The van der Waals surface area contributed by atoms with E-state index in [0.717, 1.165) is 31.5 Å². The average Bonchev–Trinajstić information content (AvgIpc) is 2.36. The minimum atomic E-state index is 0.470. The summed E-state index contributed by atoms with van der Waals surface area (Å²) >= 11 is 0. The highest BCUT2D eigenvalue weighted by molar-refractivity contribution is 4.73. The first-order valence-corrected chi connectivity index (χ1v) is 8.50. The second-order valence-electron chi connectivity index (χ2n) is 7.27. The van der Waals surface area contributed by atoms with Crippen LogP contribution in [0.25, 0.3) is 0 Å². The molecule has 0 unspecified atom stereocenters. The van der Waals surface area contributed by atoms with Crippen LogP contribution < -0.4 is 0 Å². The van der Waals surface area contributed by atoms with Gasteiger partial charge < -0.3 is 9.64 Å². The molecule has 1 fully saturated rings. The predicted molar refractivity (Wildman–Crippen MR) is 87.2 cm³/mol.